The molecule has 0 saturated heterocycles. The number of sulfonamides is 1. The molecule has 1 heterocycles. The summed E-state index contributed by atoms with van der Waals surface area (Å²) in [6.07, 6.45) is -2.89. The number of nitrogens with one attached hydrogen (secondary N) is 1. The third-order valence-electron chi connectivity index (χ3n) is 5.37. The molecule has 0 unspecified atom stereocenters. The summed E-state index contributed by atoms with van der Waals surface area (Å²) in [7, 11) is -3.96. The van der Waals surface area contributed by atoms with Crippen molar-refractivity contribution in [1.82, 2.24) is 14.8 Å². The highest BCUT2D eigenvalue weighted by atomic mass is 35.5. The highest BCUT2D eigenvalue weighted by Gasteiger charge is 2.25. The third kappa shape index (κ3) is 5.21. The lowest BCUT2D eigenvalue weighted by Crippen LogP contribution is -2.16. The van der Waals surface area contributed by atoms with Gasteiger partial charge in [-0.1, -0.05) is 53.7 Å². The van der Waals surface area contributed by atoms with E-state index in [9.17, 15) is 22.0 Å². The number of anilines is 1. The minimum atomic E-state index is -3.96. The second kappa shape index (κ2) is 10.1. The number of amides is 1. The van der Waals surface area contributed by atoms with Crippen molar-refractivity contribution in [1.29, 1.82) is 0 Å². The first-order chi connectivity index (χ1) is 17.0. The number of carbonyl (C=O) groups is 1. The van der Waals surface area contributed by atoms with Gasteiger partial charge in [-0.3, -0.25) is 9.36 Å². The van der Waals surface area contributed by atoms with Gasteiger partial charge in [0, 0.05) is 5.39 Å². The van der Waals surface area contributed by atoms with Crippen LogP contribution >= 0.6 is 23.4 Å². The number of carbonyl (C=O) groups excluding carboxylic acids is 1. The summed E-state index contributed by atoms with van der Waals surface area (Å²) in [5.74, 6) is -1.24. The van der Waals surface area contributed by atoms with E-state index in [-0.39, 0.29) is 26.5 Å². The summed E-state index contributed by atoms with van der Waals surface area (Å²) in [5.41, 5.74) is 2.43. The molecule has 0 atom stereocenters. The van der Waals surface area contributed by atoms with Gasteiger partial charge in [0.25, 0.3) is 6.43 Å². The van der Waals surface area contributed by atoms with E-state index in [1.165, 1.54) is 16.7 Å². The van der Waals surface area contributed by atoms with E-state index in [1.54, 1.807) is 0 Å². The van der Waals surface area contributed by atoms with Crippen molar-refractivity contribution in [3.63, 3.8) is 0 Å². The first-order valence-corrected chi connectivity index (χ1v) is 13.4. The molecule has 4 aromatic rings. The predicted molar refractivity (Wildman–Crippen MR) is 135 cm³/mol. The maximum absolute atomic E-state index is 13.9. The zero-order chi connectivity index (χ0) is 26.2. The Bertz CT molecular complexity index is 1590. The SMILES string of the molecule is Cc1cc(C)c2ccccc2c1-n1c(SCC(=O)Nc2ccc(S(N)(=O)=O)cc2Cl)nnc1C(F)F. The number of aryl methyl sites for hydroxylation is 2. The molecule has 0 spiro atoms. The Labute approximate surface area is 214 Å². The van der Waals surface area contributed by atoms with E-state index in [0.29, 0.717) is 5.69 Å². The molecular weight excluding hydrogens is 532 g/mol. The fourth-order valence-corrected chi connectivity index (χ4v) is 5.41. The Morgan fingerprint density at radius 1 is 1.11 bits per heavy atom. The summed E-state index contributed by atoms with van der Waals surface area (Å²) < 4.78 is 52.0. The Morgan fingerprint density at radius 2 is 1.81 bits per heavy atom. The number of rotatable bonds is 7. The summed E-state index contributed by atoms with van der Waals surface area (Å²) in [5, 5.41) is 17.0. The van der Waals surface area contributed by atoms with Gasteiger partial charge < -0.3 is 5.32 Å². The lowest BCUT2D eigenvalue weighted by Gasteiger charge is -2.17. The first-order valence-electron chi connectivity index (χ1n) is 10.4. The molecule has 0 radical (unpaired) electrons. The second-order valence-electron chi connectivity index (χ2n) is 7.90. The highest BCUT2D eigenvalue weighted by Crippen LogP contribution is 2.35. The van der Waals surface area contributed by atoms with Crippen LogP contribution in [0.3, 0.4) is 0 Å². The van der Waals surface area contributed by atoms with E-state index in [4.69, 9.17) is 16.7 Å². The highest BCUT2D eigenvalue weighted by molar-refractivity contribution is 7.99. The number of primary sulfonamides is 1. The fraction of sp³-hybridized carbons (Fsp3) is 0.174. The van der Waals surface area contributed by atoms with E-state index < -0.39 is 28.2 Å². The molecule has 1 amide bonds. The van der Waals surface area contributed by atoms with Crippen molar-refractivity contribution in [3.8, 4) is 5.69 Å². The normalized spacial score (nSPS) is 11.9. The molecule has 0 fully saturated rings. The molecule has 0 aliphatic rings. The Hall–Kier alpha value is -3.06. The second-order valence-corrected chi connectivity index (χ2v) is 10.8. The van der Waals surface area contributed by atoms with Crippen molar-refractivity contribution in [3.05, 3.63) is 70.5 Å². The fourth-order valence-electron chi connectivity index (χ4n) is 3.83. The van der Waals surface area contributed by atoms with Gasteiger partial charge in [-0.15, -0.1) is 10.2 Å². The summed E-state index contributed by atoms with van der Waals surface area (Å²) >= 11 is 7.00. The van der Waals surface area contributed by atoms with E-state index in [0.717, 1.165) is 39.7 Å². The topological polar surface area (TPSA) is 120 Å². The van der Waals surface area contributed by atoms with Crippen LogP contribution in [0.4, 0.5) is 14.5 Å². The van der Waals surface area contributed by atoms with E-state index >= 15 is 0 Å². The number of aromatic nitrogens is 3. The minimum absolute atomic E-state index is 0.0234. The van der Waals surface area contributed by atoms with Crippen molar-refractivity contribution in [2.45, 2.75) is 30.3 Å². The third-order valence-corrected chi connectivity index (χ3v) is 7.52. The molecule has 0 aliphatic heterocycles. The average molecular weight is 552 g/mol. The molecule has 4 rings (SSSR count). The largest absolute Gasteiger partial charge is 0.324 e. The molecule has 36 heavy (non-hydrogen) atoms. The molecule has 13 heteroatoms. The number of halogens is 3. The zero-order valence-electron chi connectivity index (χ0n) is 19.0. The van der Waals surface area contributed by atoms with Crippen LogP contribution in [-0.2, 0) is 14.8 Å². The zero-order valence-corrected chi connectivity index (χ0v) is 21.4. The van der Waals surface area contributed by atoms with Gasteiger partial charge in [0.1, 0.15) is 0 Å². The maximum atomic E-state index is 13.9. The molecule has 8 nitrogen and oxygen atoms in total. The van der Waals surface area contributed by atoms with Crippen LogP contribution in [0.2, 0.25) is 5.02 Å². The van der Waals surface area contributed by atoms with Gasteiger partial charge >= 0.3 is 0 Å². The Morgan fingerprint density at radius 3 is 2.44 bits per heavy atom. The lowest BCUT2D eigenvalue weighted by molar-refractivity contribution is -0.113. The van der Waals surface area contributed by atoms with Crippen molar-refractivity contribution in [2.75, 3.05) is 11.1 Å². The summed E-state index contributed by atoms with van der Waals surface area (Å²) in [6.45, 7) is 3.76. The first kappa shape index (κ1) is 26.0. The smallest absolute Gasteiger partial charge is 0.297 e. The summed E-state index contributed by atoms with van der Waals surface area (Å²) in [6, 6.07) is 13.0. The summed E-state index contributed by atoms with van der Waals surface area (Å²) in [4.78, 5) is 12.4. The van der Waals surface area contributed by atoms with Crippen LogP contribution < -0.4 is 10.5 Å². The van der Waals surface area contributed by atoms with Crippen molar-refractivity contribution in [2.24, 2.45) is 5.14 Å². The van der Waals surface area contributed by atoms with Gasteiger partial charge in [0.05, 0.1) is 27.0 Å². The number of nitrogens with zero attached hydrogens (tertiary/aromatic N) is 3. The van der Waals surface area contributed by atoms with Crippen LogP contribution in [-0.4, -0.2) is 34.8 Å². The Balaban J connectivity index is 1.64. The van der Waals surface area contributed by atoms with E-state index in [2.05, 4.69) is 15.5 Å². The molecule has 3 aromatic carbocycles. The number of alkyl halides is 2. The number of hydrogen-bond acceptors (Lipinski definition) is 6. The maximum Gasteiger partial charge on any atom is 0.297 e. The average Bonchev–Trinajstić information content (AvgIpc) is 3.22. The van der Waals surface area contributed by atoms with Gasteiger partial charge in [0.15, 0.2) is 5.16 Å². The molecule has 1 aromatic heterocycles. The van der Waals surface area contributed by atoms with Crippen LogP contribution in [0, 0.1) is 13.8 Å². The molecule has 188 valence electrons. The molecular formula is C23H20ClF2N5O3S2. The lowest BCUT2D eigenvalue weighted by atomic mass is 9.99. The van der Waals surface area contributed by atoms with Gasteiger partial charge in [0.2, 0.25) is 21.8 Å². The number of hydrogen-bond donors (Lipinski definition) is 2. The van der Waals surface area contributed by atoms with Crippen molar-refractivity contribution < 1.29 is 22.0 Å². The Kier molecular flexibility index (Phi) is 7.32. The van der Waals surface area contributed by atoms with E-state index in [1.807, 2.05) is 44.2 Å². The van der Waals surface area contributed by atoms with Crippen LogP contribution in [0.15, 0.2) is 58.6 Å². The van der Waals surface area contributed by atoms with Crippen LogP contribution in [0.1, 0.15) is 23.4 Å². The molecule has 0 aliphatic carbocycles. The van der Waals surface area contributed by atoms with Crippen LogP contribution in [0.25, 0.3) is 16.5 Å². The monoisotopic (exact) mass is 551 g/mol. The van der Waals surface area contributed by atoms with Gasteiger partial charge in [-0.25, -0.2) is 22.3 Å². The van der Waals surface area contributed by atoms with Crippen LogP contribution in [0.5, 0.6) is 0 Å². The van der Waals surface area contributed by atoms with Gasteiger partial charge in [-0.05, 0) is 48.6 Å². The molecule has 0 bridgehead atoms. The number of nitrogens with two attached hydrogens (primary N) is 1. The standard InChI is InChI=1S/C23H20ClF2N5O3S2/c1-12-9-13(2)20(16-6-4-3-5-15(12)16)31-22(21(25)26)29-30-23(31)35-11-19(32)28-18-8-7-14(10-17(18)24)36(27,33)34/h3-10,21H,11H2,1-2H3,(H,28,32)(H2,27,33,34). The van der Waals surface area contributed by atoms with Gasteiger partial charge in [-0.2, -0.15) is 0 Å². The molecule has 3 N–H and O–H groups in total. The molecule has 0 saturated carbocycles. The van der Waals surface area contributed by atoms with Crippen molar-refractivity contribution >= 4 is 55.8 Å². The number of benzene rings is 3. The predicted octanol–water partition coefficient (Wildman–Crippen LogP) is 5.01. The number of fused-ring (bicyclic) bond motifs is 1. The number of thioether (sulfide) groups is 1. The quantitative estimate of drug-likeness (QED) is 0.312. The minimum Gasteiger partial charge on any atom is -0.324 e.